The molecule has 2 amide bonds. The van der Waals surface area contributed by atoms with Crippen molar-refractivity contribution in [3.05, 3.63) is 23.4 Å². The number of likely N-dealkylation sites (tertiary alicyclic amines) is 1. The number of aromatic nitrogens is 1. The fraction of sp³-hybridized carbons (Fsp3) is 0.588. The maximum absolute atomic E-state index is 12.5. The Kier molecular flexibility index (Phi) is 5.16. The maximum Gasteiger partial charge on any atom is 0.230 e. The van der Waals surface area contributed by atoms with Crippen LogP contribution in [0.2, 0.25) is 5.02 Å². The van der Waals surface area contributed by atoms with E-state index < -0.39 is 0 Å². The van der Waals surface area contributed by atoms with Crippen LogP contribution in [0.3, 0.4) is 0 Å². The summed E-state index contributed by atoms with van der Waals surface area (Å²) in [7, 11) is 0. The Balaban J connectivity index is 1.57. The molecule has 1 unspecified atom stereocenters. The Labute approximate surface area is 141 Å². The van der Waals surface area contributed by atoms with E-state index in [0.29, 0.717) is 17.4 Å². The van der Waals surface area contributed by atoms with Crippen molar-refractivity contribution >= 4 is 29.2 Å². The fourth-order valence-corrected chi connectivity index (χ4v) is 3.61. The summed E-state index contributed by atoms with van der Waals surface area (Å²) >= 11 is 5.79. The van der Waals surface area contributed by atoms with E-state index in [-0.39, 0.29) is 23.7 Å². The van der Waals surface area contributed by atoms with Crippen LogP contribution in [0.5, 0.6) is 0 Å². The molecule has 1 saturated heterocycles. The second-order valence-electron chi connectivity index (χ2n) is 6.46. The molecule has 1 aliphatic heterocycles. The molecule has 23 heavy (non-hydrogen) atoms. The minimum Gasteiger partial charge on any atom is -0.342 e. The SMILES string of the molecule is O=C(Nc1ccc(Cl)cn1)C1CCCN(C(=O)C2CCCC2)C1. The zero-order chi connectivity index (χ0) is 16.2. The average Bonchev–Trinajstić information content (AvgIpc) is 3.11. The third-order valence-electron chi connectivity index (χ3n) is 4.79. The smallest absolute Gasteiger partial charge is 0.230 e. The molecule has 1 N–H and O–H groups in total. The number of carbonyl (C=O) groups excluding carboxylic acids is 2. The molecule has 1 aromatic rings. The Morgan fingerprint density at radius 1 is 1.13 bits per heavy atom. The van der Waals surface area contributed by atoms with Gasteiger partial charge in [-0.15, -0.1) is 0 Å². The van der Waals surface area contributed by atoms with Crippen molar-refractivity contribution in [2.45, 2.75) is 38.5 Å². The molecule has 1 saturated carbocycles. The summed E-state index contributed by atoms with van der Waals surface area (Å²) in [5.41, 5.74) is 0. The van der Waals surface area contributed by atoms with Crippen LogP contribution in [0.4, 0.5) is 5.82 Å². The van der Waals surface area contributed by atoms with Crippen molar-refractivity contribution in [2.75, 3.05) is 18.4 Å². The summed E-state index contributed by atoms with van der Waals surface area (Å²) < 4.78 is 0. The number of nitrogens with one attached hydrogen (secondary N) is 1. The van der Waals surface area contributed by atoms with E-state index >= 15 is 0 Å². The molecular formula is C17H22ClN3O2. The van der Waals surface area contributed by atoms with E-state index in [4.69, 9.17) is 11.6 Å². The van der Waals surface area contributed by atoms with Crippen LogP contribution in [0.25, 0.3) is 0 Å². The van der Waals surface area contributed by atoms with Gasteiger partial charge in [0.2, 0.25) is 11.8 Å². The van der Waals surface area contributed by atoms with Gasteiger partial charge in [-0.2, -0.15) is 0 Å². The molecule has 124 valence electrons. The van der Waals surface area contributed by atoms with E-state index in [1.54, 1.807) is 12.1 Å². The van der Waals surface area contributed by atoms with Crippen LogP contribution in [-0.4, -0.2) is 34.8 Å². The Hall–Kier alpha value is -1.62. The number of pyridine rings is 1. The van der Waals surface area contributed by atoms with E-state index in [2.05, 4.69) is 10.3 Å². The van der Waals surface area contributed by atoms with Crippen molar-refractivity contribution in [3.63, 3.8) is 0 Å². The standard InChI is InChI=1S/C17H22ClN3O2/c18-14-7-8-15(19-10-14)20-16(22)13-6-3-9-21(11-13)17(23)12-4-1-2-5-12/h7-8,10,12-13H,1-6,9,11H2,(H,19,20,22). The number of hydrogen-bond acceptors (Lipinski definition) is 3. The summed E-state index contributed by atoms with van der Waals surface area (Å²) in [6.07, 6.45) is 7.50. The quantitative estimate of drug-likeness (QED) is 0.923. The molecule has 0 spiro atoms. The zero-order valence-corrected chi connectivity index (χ0v) is 13.9. The number of nitrogens with zero attached hydrogens (tertiary/aromatic N) is 2. The number of rotatable bonds is 3. The third-order valence-corrected chi connectivity index (χ3v) is 5.01. The van der Waals surface area contributed by atoms with Crippen LogP contribution in [-0.2, 0) is 9.59 Å². The van der Waals surface area contributed by atoms with Crippen LogP contribution >= 0.6 is 11.6 Å². The first kappa shape index (κ1) is 16.2. The van der Waals surface area contributed by atoms with Gasteiger partial charge in [0.25, 0.3) is 0 Å². The van der Waals surface area contributed by atoms with Gasteiger partial charge in [0, 0.05) is 25.2 Å². The Bertz CT molecular complexity index is 570. The van der Waals surface area contributed by atoms with Crippen LogP contribution in [0, 0.1) is 11.8 Å². The molecule has 2 heterocycles. The fourth-order valence-electron chi connectivity index (χ4n) is 3.50. The topological polar surface area (TPSA) is 62.3 Å². The molecule has 3 rings (SSSR count). The Morgan fingerprint density at radius 3 is 2.57 bits per heavy atom. The van der Waals surface area contributed by atoms with Gasteiger partial charge in [-0.05, 0) is 37.8 Å². The van der Waals surface area contributed by atoms with E-state index in [1.807, 2.05) is 4.90 Å². The highest BCUT2D eigenvalue weighted by Crippen LogP contribution is 2.28. The van der Waals surface area contributed by atoms with Crippen molar-refractivity contribution in [1.82, 2.24) is 9.88 Å². The van der Waals surface area contributed by atoms with Crippen LogP contribution in [0.15, 0.2) is 18.3 Å². The minimum absolute atomic E-state index is 0.0660. The average molecular weight is 336 g/mol. The van der Waals surface area contributed by atoms with E-state index in [1.165, 1.54) is 6.20 Å². The number of halogens is 1. The maximum atomic E-state index is 12.5. The normalized spacial score (nSPS) is 22.1. The minimum atomic E-state index is -0.161. The first-order valence-corrected chi connectivity index (χ1v) is 8.72. The van der Waals surface area contributed by atoms with Gasteiger partial charge in [-0.3, -0.25) is 9.59 Å². The van der Waals surface area contributed by atoms with Crippen LogP contribution in [0.1, 0.15) is 38.5 Å². The molecule has 2 aliphatic rings. The molecule has 6 heteroatoms. The van der Waals surface area contributed by atoms with Gasteiger partial charge >= 0.3 is 0 Å². The number of amides is 2. The highest BCUT2D eigenvalue weighted by atomic mass is 35.5. The second-order valence-corrected chi connectivity index (χ2v) is 6.89. The third kappa shape index (κ3) is 4.02. The predicted octanol–water partition coefficient (Wildman–Crippen LogP) is 3.10. The zero-order valence-electron chi connectivity index (χ0n) is 13.1. The molecule has 0 aromatic carbocycles. The monoisotopic (exact) mass is 335 g/mol. The number of anilines is 1. The molecule has 1 aromatic heterocycles. The molecule has 1 atom stereocenters. The van der Waals surface area contributed by atoms with Gasteiger partial charge in [-0.1, -0.05) is 24.4 Å². The summed E-state index contributed by atoms with van der Waals surface area (Å²) in [5, 5.41) is 3.36. The lowest BCUT2D eigenvalue weighted by Gasteiger charge is -2.33. The number of carbonyl (C=O) groups is 2. The largest absolute Gasteiger partial charge is 0.342 e. The van der Waals surface area contributed by atoms with Crippen molar-refractivity contribution < 1.29 is 9.59 Å². The van der Waals surface area contributed by atoms with E-state index in [0.717, 1.165) is 45.1 Å². The molecule has 2 fully saturated rings. The van der Waals surface area contributed by atoms with E-state index in [9.17, 15) is 9.59 Å². The Morgan fingerprint density at radius 2 is 1.87 bits per heavy atom. The first-order valence-electron chi connectivity index (χ1n) is 8.34. The number of hydrogen-bond donors (Lipinski definition) is 1. The lowest BCUT2D eigenvalue weighted by Crippen LogP contribution is -2.45. The predicted molar refractivity (Wildman–Crippen MR) is 89.1 cm³/mol. The van der Waals surface area contributed by atoms with Crippen molar-refractivity contribution in [1.29, 1.82) is 0 Å². The van der Waals surface area contributed by atoms with Gasteiger partial charge in [0.1, 0.15) is 5.82 Å². The summed E-state index contributed by atoms with van der Waals surface area (Å²) in [6.45, 7) is 1.30. The summed E-state index contributed by atoms with van der Waals surface area (Å²) in [6, 6.07) is 3.38. The van der Waals surface area contributed by atoms with Gasteiger partial charge < -0.3 is 10.2 Å². The van der Waals surface area contributed by atoms with Crippen molar-refractivity contribution in [2.24, 2.45) is 11.8 Å². The highest BCUT2D eigenvalue weighted by Gasteiger charge is 2.32. The number of piperidine rings is 1. The van der Waals surface area contributed by atoms with Crippen molar-refractivity contribution in [3.8, 4) is 0 Å². The highest BCUT2D eigenvalue weighted by molar-refractivity contribution is 6.30. The summed E-state index contributed by atoms with van der Waals surface area (Å²) in [4.78, 5) is 30.9. The molecule has 0 radical (unpaired) electrons. The van der Waals surface area contributed by atoms with Crippen LogP contribution < -0.4 is 5.32 Å². The lowest BCUT2D eigenvalue weighted by molar-refractivity contribution is -0.138. The molecule has 0 bridgehead atoms. The van der Waals surface area contributed by atoms with Gasteiger partial charge in [0.05, 0.1) is 10.9 Å². The summed E-state index contributed by atoms with van der Waals surface area (Å²) in [5.74, 6) is 0.688. The molecule has 1 aliphatic carbocycles. The van der Waals surface area contributed by atoms with Gasteiger partial charge in [-0.25, -0.2) is 4.98 Å². The van der Waals surface area contributed by atoms with Gasteiger partial charge in [0.15, 0.2) is 0 Å². The first-order chi connectivity index (χ1) is 11.1. The lowest BCUT2D eigenvalue weighted by atomic mass is 9.95. The second kappa shape index (κ2) is 7.30. The molecular weight excluding hydrogens is 314 g/mol. The molecule has 5 nitrogen and oxygen atoms in total.